The van der Waals surface area contributed by atoms with Crippen molar-refractivity contribution in [2.24, 2.45) is 5.16 Å². The molecule has 1 aliphatic heterocycles. The Labute approximate surface area is 185 Å². The number of phosphoric ester groups is 1. The largest absolute Gasteiger partial charge is 0.490 e. The Morgan fingerprint density at radius 1 is 1.18 bits per heavy atom. The van der Waals surface area contributed by atoms with Crippen molar-refractivity contribution in [3.8, 4) is 0 Å². The van der Waals surface area contributed by atoms with Crippen molar-refractivity contribution in [1.82, 2.24) is 9.55 Å². The van der Waals surface area contributed by atoms with E-state index in [1.165, 1.54) is 13.1 Å². The molecule has 1 saturated heterocycles. The summed E-state index contributed by atoms with van der Waals surface area (Å²) in [4.78, 5) is 67.1. The first-order chi connectivity index (χ1) is 15.0. The fourth-order valence-corrected chi connectivity index (χ4v) is 5.61. The van der Waals surface area contributed by atoms with Crippen LogP contribution in [0, 0.1) is 6.92 Å². The summed E-state index contributed by atoms with van der Waals surface area (Å²) in [6.07, 6.45) is -1.92. The van der Waals surface area contributed by atoms with Crippen LogP contribution in [0.5, 0.6) is 0 Å². The molecule has 0 bridgehead atoms. The first-order valence-corrected chi connectivity index (χ1v) is 13.4. The number of hydrogen-bond donors (Lipinski definition) is 5. The predicted molar refractivity (Wildman–Crippen MR) is 108 cm³/mol. The molecule has 0 amide bonds. The molecule has 0 aliphatic carbocycles. The second-order valence-corrected chi connectivity index (χ2v) is 11.3. The summed E-state index contributed by atoms with van der Waals surface area (Å²) < 4.78 is 52.6. The Balaban J connectivity index is 2.18. The third-order valence-electron chi connectivity index (χ3n) is 3.83. The smallest absolute Gasteiger partial charge is 0.389 e. The number of aromatic amines is 1. The van der Waals surface area contributed by atoms with Gasteiger partial charge >= 0.3 is 29.2 Å². The van der Waals surface area contributed by atoms with E-state index in [1.54, 1.807) is 13.8 Å². The van der Waals surface area contributed by atoms with E-state index >= 15 is 0 Å². The summed E-state index contributed by atoms with van der Waals surface area (Å²) in [6.45, 7) is 3.88. The molecule has 188 valence electrons. The van der Waals surface area contributed by atoms with E-state index in [2.05, 4.69) is 23.3 Å². The second kappa shape index (κ2) is 10.4. The highest BCUT2D eigenvalue weighted by Crippen LogP contribution is 2.66. The van der Waals surface area contributed by atoms with Crippen LogP contribution in [0.1, 0.15) is 32.1 Å². The highest BCUT2D eigenvalue weighted by molar-refractivity contribution is 7.66. The number of nitrogens with zero attached hydrogens (tertiary/aromatic N) is 2. The molecule has 0 aromatic carbocycles. The number of ether oxygens (including phenoxy) is 1. The molecular weight excluding hydrogens is 515 g/mol. The molecule has 2 rings (SSSR count). The first kappa shape index (κ1) is 27.8. The summed E-state index contributed by atoms with van der Waals surface area (Å²) in [5, 5.41) is 3.77. The summed E-state index contributed by atoms with van der Waals surface area (Å²) in [5.41, 5.74) is -0.688. The number of phosphoric acid groups is 3. The fraction of sp³-hybridized carbons (Fsp3) is 0.615. The molecule has 33 heavy (non-hydrogen) atoms. The van der Waals surface area contributed by atoms with E-state index in [4.69, 9.17) is 19.4 Å². The van der Waals surface area contributed by atoms with Gasteiger partial charge in [-0.3, -0.25) is 18.9 Å². The third kappa shape index (κ3) is 8.67. The van der Waals surface area contributed by atoms with Crippen LogP contribution in [0.3, 0.4) is 0 Å². The molecule has 1 aromatic heterocycles. The highest BCUT2D eigenvalue weighted by Gasteiger charge is 2.44. The monoisotopic (exact) mass is 537 g/mol. The van der Waals surface area contributed by atoms with Crippen LogP contribution in [-0.4, -0.2) is 53.7 Å². The molecule has 1 aliphatic rings. The van der Waals surface area contributed by atoms with E-state index < -0.39 is 59.8 Å². The third-order valence-corrected chi connectivity index (χ3v) is 7.63. The molecule has 1 fully saturated rings. The van der Waals surface area contributed by atoms with Crippen LogP contribution in [0.15, 0.2) is 20.9 Å². The molecule has 5 N–H and O–H groups in total. The molecule has 0 saturated carbocycles. The van der Waals surface area contributed by atoms with Gasteiger partial charge in [0.05, 0.1) is 12.3 Å². The lowest BCUT2D eigenvalue weighted by Gasteiger charge is -2.20. The molecule has 0 spiro atoms. The van der Waals surface area contributed by atoms with Gasteiger partial charge in [-0.25, -0.2) is 18.5 Å². The van der Waals surface area contributed by atoms with Gasteiger partial charge in [0.2, 0.25) is 0 Å². The zero-order chi connectivity index (χ0) is 25.2. The molecule has 1 aromatic rings. The van der Waals surface area contributed by atoms with Gasteiger partial charge in [-0.1, -0.05) is 5.16 Å². The lowest BCUT2D eigenvalue weighted by Crippen LogP contribution is -2.33. The number of H-pyrrole nitrogens is 1. The lowest BCUT2D eigenvalue weighted by molar-refractivity contribution is -0.0605. The van der Waals surface area contributed by atoms with Gasteiger partial charge in [0.25, 0.3) is 5.56 Å². The number of rotatable bonds is 10. The zero-order valence-electron chi connectivity index (χ0n) is 17.3. The topological polar surface area (TPSA) is 245 Å². The molecule has 0 radical (unpaired) electrons. The van der Waals surface area contributed by atoms with Crippen molar-refractivity contribution < 1.29 is 56.0 Å². The summed E-state index contributed by atoms with van der Waals surface area (Å²) in [7, 11) is -16.6. The van der Waals surface area contributed by atoms with E-state index in [9.17, 15) is 33.1 Å². The van der Waals surface area contributed by atoms with E-state index in [0.717, 1.165) is 4.57 Å². The predicted octanol–water partition coefficient (Wildman–Crippen LogP) is 0.257. The van der Waals surface area contributed by atoms with Crippen molar-refractivity contribution in [2.45, 2.75) is 45.6 Å². The summed E-state index contributed by atoms with van der Waals surface area (Å²) in [6, 6.07) is 0. The number of aromatic nitrogens is 2. The van der Waals surface area contributed by atoms with Crippen LogP contribution in [0.25, 0.3) is 0 Å². The fourth-order valence-electron chi connectivity index (χ4n) is 2.58. The van der Waals surface area contributed by atoms with Gasteiger partial charge in [-0.2, -0.15) is 8.62 Å². The number of aryl methyl sites for hydroxylation is 1. The Morgan fingerprint density at radius 2 is 1.82 bits per heavy atom. The maximum Gasteiger partial charge on any atom is 0.490 e. The molecule has 5 atom stereocenters. The van der Waals surface area contributed by atoms with Crippen molar-refractivity contribution >= 4 is 29.2 Å². The van der Waals surface area contributed by atoms with Crippen molar-refractivity contribution in [2.75, 3.05) is 6.61 Å². The molecular formula is C13H22N3O14P3. The maximum absolute atomic E-state index is 12.1. The highest BCUT2D eigenvalue weighted by atomic mass is 31.3. The first-order valence-electron chi connectivity index (χ1n) is 8.91. The normalized spacial score (nSPS) is 24.6. The van der Waals surface area contributed by atoms with E-state index in [-0.39, 0.29) is 12.0 Å². The van der Waals surface area contributed by atoms with Crippen LogP contribution in [0.2, 0.25) is 0 Å². The van der Waals surface area contributed by atoms with Crippen LogP contribution >= 0.6 is 23.5 Å². The number of oxime groups is 1. The van der Waals surface area contributed by atoms with Crippen LogP contribution in [-0.2, 0) is 36.4 Å². The molecule has 3 unspecified atom stereocenters. The van der Waals surface area contributed by atoms with Gasteiger partial charge in [-0.15, -0.1) is 0 Å². The SMILES string of the molecule is CC(C)=NOC1C[C@H](n2cc(C)c(=O)[nH]c2=O)O[C@@H]1COP(=O)(O)OP(=O)(O)OP(=O)(O)O. The molecule has 20 heteroatoms. The van der Waals surface area contributed by atoms with E-state index in [0.29, 0.717) is 5.71 Å². The lowest BCUT2D eigenvalue weighted by atomic mass is 10.2. The Morgan fingerprint density at radius 3 is 2.39 bits per heavy atom. The van der Waals surface area contributed by atoms with Crippen LogP contribution < -0.4 is 11.2 Å². The minimum absolute atomic E-state index is 0.0212. The molecule has 2 heterocycles. The van der Waals surface area contributed by atoms with Gasteiger partial charge in [0.1, 0.15) is 12.3 Å². The standard InChI is InChI=1S/C13H22N3O14P3/c1-7(2)15-28-9-4-11(16-5-8(3)12(17)14-13(16)18)27-10(9)6-26-32(22,23)30-33(24,25)29-31(19,20)21/h5,9-11H,4,6H2,1-3H3,(H,22,23)(H,24,25)(H,14,17,18)(H2,19,20,21)/t9?,10-,11-/m1/s1. The summed E-state index contributed by atoms with van der Waals surface area (Å²) >= 11 is 0. The Hall–Kier alpha value is -1.48. The zero-order valence-corrected chi connectivity index (χ0v) is 20.0. The summed E-state index contributed by atoms with van der Waals surface area (Å²) in [5.74, 6) is 0. The van der Waals surface area contributed by atoms with Crippen molar-refractivity contribution in [3.05, 3.63) is 32.6 Å². The van der Waals surface area contributed by atoms with Gasteiger partial charge in [-0.05, 0) is 20.8 Å². The number of nitrogens with one attached hydrogen (secondary N) is 1. The number of hydrogen-bond acceptors (Lipinski definition) is 11. The minimum Gasteiger partial charge on any atom is -0.389 e. The Kier molecular flexibility index (Phi) is 8.77. The van der Waals surface area contributed by atoms with Crippen molar-refractivity contribution in [3.63, 3.8) is 0 Å². The quantitative estimate of drug-likeness (QED) is 0.153. The Bertz CT molecular complexity index is 1150. The maximum atomic E-state index is 12.1. The van der Waals surface area contributed by atoms with Gasteiger partial charge < -0.3 is 29.1 Å². The average Bonchev–Trinajstić information content (AvgIpc) is 3.01. The van der Waals surface area contributed by atoms with Gasteiger partial charge in [0.15, 0.2) is 6.10 Å². The minimum atomic E-state index is -5.69. The molecule has 17 nitrogen and oxygen atoms in total. The van der Waals surface area contributed by atoms with Gasteiger partial charge in [0, 0.05) is 18.2 Å². The van der Waals surface area contributed by atoms with E-state index in [1.807, 2.05) is 0 Å². The average molecular weight is 537 g/mol. The second-order valence-electron chi connectivity index (χ2n) is 6.91. The van der Waals surface area contributed by atoms with Crippen LogP contribution in [0.4, 0.5) is 0 Å². The van der Waals surface area contributed by atoms with Crippen molar-refractivity contribution in [1.29, 1.82) is 0 Å².